The highest BCUT2D eigenvalue weighted by Crippen LogP contribution is 2.27. The van der Waals surface area contributed by atoms with Gasteiger partial charge < -0.3 is 14.2 Å². The normalized spacial score (nSPS) is 10.8. The van der Waals surface area contributed by atoms with Crippen molar-refractivity contribution in [2.75, 3.05) is 13.7 Å². The van der Waals surface area contributed by atoms with Gasteiger partial charge in [0.25, 0.3) is 0 Å². The molecule has 2 aromatic rings. The topological polar surface area (TPSA) is 85.6 Å². The lowest BCUT2D eigenvalue weighted by molar-refractivity contribution is -0.137. The predicted molar refractivity (Wildman–Crippen MR) is 107 cm³/mol. The Morgan fingerprint density at radius 3 is 2.46 bits per heavy atom. The van der Waals surface area contributed by atoms with Crippen molar-refractivity contribution in [3.05, 3.63) is 63.1 Å². The van der Waals surface area contributed by atoms with Crippen LogP contribution in [0.25, 0.3) is 6.08 Å². The molecule has 0 bridgehead atoms. The fraction of sp³-hybridized carbons (Fsp3) is 0.190. The van der Waals surface area contributed by atoms with Crippen molar-refractivity contribution >= 4 is 33.9 Å². The third kappa shape index (κ3) is 5.69. The van der Waals surface area contributed by atoms with E-state index in [1.54, 1.807) is 24.3 Å². The van der Waals surface area contributed by atoms with E-state index in [0.717, 1.165) is 15.6 Å². The zero-order valence-electron chi connectivity index (χ0n) is 15.6. The average Bonchev–Trinajstić information content (AvgIpc) is 2.64. The Labute approximate surface area is 171 Å². The standard InChI is InChI=1S/C21H18BrNO5/c1-13-7-17(22)8-14(2)20(13)27-12-19(24)28-18-6-4-5-15(10-18)9-16(11-23)21(25)26-3/h4-10H,12H2,1-3H3/b16-9+. The van der Waals surface area contributed by atoms with Crippen LogP contribution in [0.4, 0.5) is 0 Å². The lowest BCUT2D eigenvalue weighted by Gasteiger charge is -2.12. The summed E-state index contributed by atoms with van der Waals surface area (Å²) in [7, 11) is 1.20. The summed E-state index contributed by atoms with van der Waals surface area (Å²) in [6.45, 7) is 3.53. The minimum absolute atomic E-state index is 0.157. The molecule has 0 amide bonds. The quantitative estimate of drug-likeness (QED) is 0.288. The number of halogens is 1. The number of carbonyl (C=O) groups excluding carboxylic acids is 2. The fourth-order valence-electron chi connectivity index (χ4n) is 2.50. The molecule has 0 aromatic heterocycles. The third-order valence-electron chi connectivity index (χ3n) is 3.69. The number of hydrogen-bond donors (Lipinski definition) is 0. The molecule has 0 aliphatic heterocycles. The van der Waals surface area contributed by atoms with Crippen molar-refractivity contribution < 1.29 is 23.8 Å². The smallest absolute Gasteiger partial charge is 0.349 e. The fourth-order valence-corrected chi connectivity index (χ4v) is 3.19. The second-order valence-corrected chi connectivity index (χ2v) is 6.78. The zero-order valence-corrected chi connectivity index (χ0v) is 17.2. The number of rotatable bonds is 6. The molecule has 0 heterocycles. The van der Waals surface area contributed by atoms with Gasteiger partial charge in [0, 0.05) is 4.47 Å². The Morgan fingerprint density at radius 1 is 1.18 bits per heavy atom. The number of methoxy groups -OCH3 is 1. The molecule has 7 heteroatoms. The molecule has 0 aliphatic rings. The van der Waals surface area contributed by atoms with E-state index in [1.807, 2.05) is 26.0 Å². The Balaban J connectivity index is 2.06. The molecule has 0 unspecified atom stereocenters. The van der Waals surface area contributed by atoms with Crippen molar-refractivity contribution in [1.29, 1.82) is 5.26 Å². The van der Waals surface area contributed by atoms with Crippen LogP contribution in [0.1, 0.15) is 16.7 Å². The van der Waals surface area contributed by atoms with Crippen LogP contribution in [0.2, 0.25) is 0 Å². The molecule has 0 radical (unpaired) electrons. The van der Waals surface area contributed by atoms with Gasteiger partial charge in [-0.15, -0.1) is 0 Å². The van der Waals surface area contributed by atoms with Crippen LogP contribution >= 0.6 is 15.9 Å². The maximum Gasteiger partial charge on any atom is 0.349 e. The number of nitrogens with zero attached hydrogens (tertiary/aromatic N) is 1. The molecule has 0 atom stereocenters. The molecular weight excluding hydrogens is 426 g/mol. The van der Waals surface area contributed by atoms with E-state index < -0.39 is 11.9 Å². The maximum atomic E-state index is 12.1. The highest BCUT2D eigenvalue weighted by atomic mass is 79.9. The highest BCUT2D eigenvalue weighted by molar-refractivity contribution is 9.10. The molecule has 28 heavy (non-hydrogen) atoms. The zero-order chi connectivity index (χ0) is 20.7. The van der Waals surface area contributed by atoms with Crippen LogP contribution in [0.5, 0.6) is 11.5 Å². The van der Waals surface area contributed by atoms with Crippen molar-refractivity contribution in [3.8, 4) is 17.6 Å². The molecular formula is C21H18BrNO5. The first-order valence-electron chi connectivity index (χ1n) is 8.24. The molecule has 2 aromatic carbocycles. The lowest BCUT2D eigenvalue weighted by Crippen LogP contribution is -2.18. The van der Waals surface area contributed by atoms with E-state index in [2.05, 4.69) is 20.7 Å². The summed E-state index contributed by atoms with van der Waals surface area (Å²) in [6, 6.07) is 12.0. The van der Waals surface area contributed by atoms with Gasteiger partial charge in [0.2, 0.25) is 0 Å². The van der Waals surface area contributed by atoms with Gasteiger partial charge in [-0.3, -0.25) is 0 Å². The predicted octanol–water partition coefficient (Wildman–Crippen LogP) is 4.13. The van der Waals surface area contributed by atoms with E-state index in [1.165, 1.54) is 19.3 Å². The number of esters is 2. The van der Waals surface area contributed by atoms with Crippen LogP contribution in [0, 0.1) is 25.2 Å². The van der Waals surface area contributed by atoms with Crippen molar-refractivity contribution in [1.82, 2.24) is 0 Å². The first kappa shape index (κ1) is 21.2. The molecule has 0 saturated heterocycles. The summed E-state index contributed by atoms with van der Waals surface area (Å²) in [5, 5.41) is 9.02. The Morgan fingerprint density at radius 2 is 1.86 bits per heavy atom. The largest absolute Gasteiger partial charge is 0.481 e. The van der Waals surface area contributed by atoms with Gasteiger partial charge in [-0.25, -0.2) is 9.59 Å². The Hall–Kier alpha value is -3.11. The summed E-state index contributed by atoms with van der Waals surface area (Å²) < 4.78 is 16.4. The second-order valence-electron chi connectivity index (χ2n) is 5.87. The van der Waals surface area contributed by atoms with Gasteiger partial charge in [0.15, 0.2) is 6.61 Å². The molecule has 0 fully saturated rings. The van der Waals surface area contributed by atoms with E-state index in [-0.39, 0.29) is 17.9 Å². The highest BCUT2D eigenvalue weighted by Gasteiger charge is 2.12. The summed E-state index contributed by atoms with van der Waals surface area (Å²) in [6.07, 6.45) is 1.36. The molecule has 0 aliphatic carbocycles. The Kier molecular flexibility index (Phi) is 7.36. The molecule has 0 spiro atoms. The minimum Gasteiger partial charge on any atom is -0.481 e. The van der Waals surface area contributed by atoms with Crippen LogP contribution < -0.4 is 9.47 Å². The summed E-state index contributed by atoms with van der Waals surface area (Å²) in [5.41, 5.74) is 2.17. The molecule has 2 rings (SSSR count). The van der Waals surface area contributed by atoms with Crippen LogP contribution in [-0.2, 0) is 14.3 Å². The van der Waals surface area contributed by atoms with Crippen LogP contribution in [-0.4, -0.2) is 25.7 Å². The average molecular weight is 444 g/mol. The molecule has 0 saturated carbocycles. The van der Waals surface area contributed by atoms with Crippen LogP contribution in [0.3, 0.4) is 0 Å². The van der Waals surface area contributed by atoms with Gasteiger partial charge in [-0.05, 0) is 60.9 Å². The second kappa shape index (κ2) is 9.72. The van der Waals surface area contributed by atoms with Crippen molar-refractivity contribution in [2.24, 2.45) is 0 Å². The SMILES string of the molecule is COC(=O)/C(C#N)=C/c1cccc(OC(=O)COc2c(C)cc(Br)cc2C)c1. The summed E-state index contributed by atoms with van der Waals surface area (Å²) in [5.74, 6) is -0.405. The minimum atomic E-state index is -0.737. The number of carbonyl (C=O) groups is 2. The number of nitriles is 1. The maximum absolute atomic E-state index is 12.1. The number of benzene rings is 2. The van der Waals surface area contributed by atoms with E-state index >= 15 is 0 Å². The Bertz CT molecular complexity index is 952. The van der Waals surface area contributed by atoms with E-state index in [0.29, 0.717) is 11.3 Å². The van der Waals surface area contributed by atoms with Gasteiger partial charge in [-0.2, -0.15) is 5.26 Å². The molecule has 0 N–H and O–H groups in total. The molecule has 144 valence electrons. The lowest BCUT2D eigenvalue weighted by atomic mass is 10.1. The van der Waals surface area contributed by atoms with Gasteiger partial charge in [-0.1, -0.05) is 28.1 Å². The first-order chi connectivity index (χ1) is 13.3. The van der Waals surface area contributed by atoms with Crippen LogP contribution in [0.15, 0.2) is 46.4 Å². The van der Waals surface area contributed by atoms with Crippen molar-refractivity contribution in [2.45, 2.75) is 13.8 Å². The molecule has 6 nitrogen and oxygen atoms in total. The number of hydrogen-bond acceptors (Lipinski definition) is 6. The number of aryl methyl sites for hydroxylation is 2. The third-order valence-corrected chi connectivity index (χ3v) is 4.14. The van der Waals surface area contributed by atoms with Gasteiger partial charge in [0.05, 0.1) is 7.11 Å². The number of ether oxygens (including phenoxy) is 3. The van der Waals surface area contributed by atoms with E-state index in [4.69, 9.17) is 14.7 Å². The van der Waals surface area contributed by atoms with E-state index in [9.17, 15) is 9.59 Å². The van der Waals surface area contributed by atoms with Crippen molar-refractivity contribution in [3.63, 3.8) is 0 Å². The monoisotopic (exact) mass is 443 g/mol. The van der Waals surface area contributed by atoms with Gasteiger partial charge in [0.1, 0.15) is 23.1 Å². The summed E-state index contributed by atoms with van der Waals surface area (Å²) >= 11 is 3.41. The summed E-state index contributed by atoms with van der Waals surface area (Å²) in [4.78, 5) is 23.6. The van der Waals surface area contributed by atoms with Gasteiger partial charge >= 0.3 is 11.9 Å². The first-order valence-corrected chi connectivity index (χ1v) is 9.03.